The van der Waals surface area contributed by atoms with Crippen molar-refractivity contribution in [2.45, 2.75) is 40.2 Å². The van der Waals surface area contributed by atoms with E-state index < -0.39 is 0 Å². The Labute approximate surface area is 139 Å². The average molecular weight is 320 g/mol. The summed E-state index contributed by atoms with van der Waals surface area (Å²) < 4.78 is 5.68. The molecule has 1 aromatic rings. The summed E-state index contributed by atoms with van der Waals surface area (Å²) in [5, 5.41) is 2.89. The van der Waals surface area contributed by atoms with E-state index >= 15 is 0 Å². The first-order chi connectivity index (χ1) is 10.8. The summed E-state index contributed by atoms with van der Waals surface area (Å²) in [6.45, 7) is 8.46. The van der Waals surface area contributed by atoms with Gasteiger partial charge in [-0.2, -0.15) is 0 Å². The van der Waals surface area contributed by atoms with Gasteiger partial charge in [0.05, 0.1) is 19.2 Å². The van der Waals surface area contributed by atoms with E-state index in [4.69, 9.17) is 4.74 Å². The Morgan fingerprint density at radius 3 is 2.30 bits per heavy atom. The molecule has 0 heterocycles. The van der Waals surface area contributed by atoms with E-state index in [-0.39, 0.29) is 24.4 Å². The summed E-state index contributed by atoms with van der Waals surface area (Å²) in [5.41, 5.74) is 1.00. The lowest BCUT2D eigenvalue weighted by atomic mass is 10.1. The van der Waals surface area contributed by atoms with Crippen LogP contribution in [0.4, 0.5) is 0 Å². The summed E-state index contributed by atoms with van der Waals surface area (Å²) in [6.07, 6.45) is 1.03. The SMILES string of the molecule is CC(=O)N(C)CC(=O)N[C@@H](C)c1ccc(OCCC(C)C)cc1. The predicted octanol–water partition coefficient (Wildman–Crippen LogP) is 2.77. The Bertz CT molecular complexity index is 512. The number of amides is 2. The second kappa shape index (κ2) is 9.18. The van der Waals surface area contributed by atoms with Gasteiger partial charge >= 0.3 is 0 Å². The number of ether oxygens (including phenoxy) is 1. The zero-order chi connectivity index (χ0) is 17.4. The van der Waals surface area contributed by atoms with E-state index in [1.807, 2.05) is 31.2 Å². The number of carbonyl (C=O) groups excluding carboxylic acids is 2. The first kappa shape index (κ1) is 19.0. The zero-order valence-corrected chi connectivity index (χ0v) is 14.8. The molecular weight excluding hydrogens is 292 g/mol. The molecule has 0 aliphatic carbocycles. The number of hydrogen-bond acceptors (Lipinski definition) is 3. The Morgan fingerprint density at radius 1 is 1.17 bits per heavy atom. The highest BCUT2D eigenvalue weighted by Crippen LogP contribution is 2.18. The summed E-state index contributed by atoms with van der Waals surface area (Å²) in [7, 11) is 1.61. The quantitative estimate of drug-likeness (QED) is 0.801. The maximum Gasteiger partial charge on any atom is 0.240 e. The molecular formula is C18H28N2O3. The maximum absolute atomic E-state index is 11.9. The van der Waals surface area contributed by atoms with Crippen LogP contribution >= 0.6 is 0 Å². The molecule has 1 aromatic carbocycles. The minimum Gasteiger partial charge on any atom is -0.494 e. The van der Waals surface area contributed by atoms with Gasteiger partial charge in [0.15, 0.2) is 0 Å². The smallest absolute Gasteiger partial charge is 0.240 e. The van der Waals surface area contributed by atoms with Crippen molar-refractivity contribution in [2.24, 2.45) is 5.92 Å². The lowest BCUT2D eigenvalue weighted by molar-refractivity contribution is -0.133. The highest BCUT2D eigenvalue weighted by atomic mass is 16.5. The number of likely N-dealkylation sites (N-methyl/N-ethyl adjacent to an activating group) is 1. The minimum atomic E-state index is -0.174. The number of nitrogens with one attached hydrogen (secondary N) is 1. The molecule has 0 aromatic heterocycles. The van der Waals surface area contributed by atoms with Crippen molar-refractivity contribution in [1.29, 1.82) is 0 Å². The molecule has 0 spiro atoms. The van der Waals surface area contributed by atoms with Gasteiger partial charge in [0.25, 0.3) is 0 Å². The van der Waals surface area contributed by atoms with Crippen molar-refractivity contribution in [3.63, 3.8) is 0 Å². The van der Waals surface area contributed by atoms with Crippen molar-refractivity contribution >= 4 is 11.8 Å². The van der Waals surface area contributed by atoms with Gasteiger partial charge in [-0.1, -0.05) is 26.0 Å². The Morgan fingerprint density at radius 2 is 1.78 bits per heavy atom. The molecule has 0 unspecified atom stereocenters. The molecule has 1 rings (SSSR count). The molecule has 0 radical (unpaired) electrons. The molecule has 1 atom stereocenters. The van der Waals surface area contributed by atoms with Gasteiger partial charge in [0.2, 0.25) is 11.8 Å². The molecule has 0 saturated heterocycles. The fourth-order valence-corrected chi connectivity index (χ4v) is 1.96. The fourth-order valence-electron chi connectivity index (χ4n) is 1.96. The Balaban J connectivity index is 2.48. The molecule has 0 aliphatic heterocycles. The van der Waals surface area contributed by atoms with Gasteiger partial charge < -0.3 is 15.0 Å². The fraction of sp³-hybridized carbons (Fsp3) is 0.556. The van der Waals surface area contributed by atoms with Crippen LogP contribution < -0.4 is 10.1 Å². The predicted molar refractivity (Wildman–Crippen MR) is 91.3 cm³/mol. The number of benzene rings is 1. The molecule has 128 valence electrons. The van der Waals surface area contributed by atoms with E-state index in [0.29, 0.717) is 12.5 Å². The van der Waals surface area contributed by atoms with E-state index in [1.165, 1.54) is 11.8 Å². The standard InChI is InChI=1S/C18H28N2O3/c1-13(2)10-11-23-17-8-6-16(7-9-17)14(3)19-18(22)12-20(5)15(4)21/h6-9,13-14H,10-12H2,1-5H3,(H,19,22)/t14-/m0/s1. The highest BCUT2D eigenvalue weighted by Gasteiger charge is 2.13. The average Bonchev–Trinajstić information content (AvgIpc) is 2.47. The van der Waals surface area contributed by atoms with Crippen LogP contribution in [0.2, 0.25) is 0 Å². The van der Waals surface area contributed by atoms with Crippen LogP contribution in [0, 0.1) is 5.92 Å². The second-order valence-corrected chi connectivity index (χ2v) is 6.26. The Hall–Kier alpha value is -2.04. The molecule has 0 saturated carbocycles. The van der Waals surface area contributed by atoms with Gasteiger partial charge in [0, 0.05) is 14.0 Å². The normalized spacial score (nSPS) is 11.9. The van der Waals surface area contributed by atoms with Crippen LogP contribution in [0.15, 0.2) is 24.3 Å². The lowest BCUT2D eigenvalue weighted by Crippen LogP contribution is -2.38. The molecule has 5 nitrogen and oxygen atoms in total. The zero-order valence-electron chi connectivity index (χ0n) is 14.8. The third kappa shape index (κ3) is 7.17. The van der Waals surface area contributed by atoms with Gasteiger partial charge in [-0.15, -0.1) is 0 Å². The molecule has 0 fully saturated rings. The summed E-state index contributed by atoms with van der Waals surface area (Å²) in [4.78, 5) is 24.4. The summed E-state index contributed by atoms with van der Waals surface area (Å²) >= 11 is 0. The van der Waals surface area contributed by atoms with Crippen LogP contribution in [0.25, 0.3) is 0 Å². The third-order valence-corrected chi connectivity index (χ3v) is 3.64. The van der Waals surface area contributed by atoms with Gasteiger partial charge in [-0.25, -0.2) is 0 Å². The van der Waals surface area contributed by atoms with Gasteiger partial charge in [-0.3, -0.25) is 9.59 Å². The van der Waals surface area contributed by atoms with Crippen molar-refractivity contribution in [1.82, 2.24) is 10.2 Å². The topological polar surface area (TPSA) is 58.6 Å². The Kier molecular flexibility index (Phi) is 7.59. The number of nitrogens with zero attached hydrogens (tertiary/aromatic N) is 1. The maximum atomic E-state index is 11.9. The lowest BCUT2D eigenvalue weighted by Gasteiger charge is -2.18. The van der Waals surface area contributed by atoms with Crippen molar-refractivity contribution < 1.29 is 14.3 Å². The van der Waals surface area contributed by atoms with Crippen LogP contribution in [0.3, 0.4) is 0 Å². The van der Waals surface area contributed by atoms with E-state index in [1.54, 1.807) is 7.05 Å². The summed E-state index contributed by atoms with van der Waals surface area (Å²) in [6, 6.07) is 7.61. The van der Waals surface area contributed by atoms with Crippen molar-refractivity contribution in [3.8, 4) is 5.75 Å². The third-order valence-electron chi connectivity index (χ3n) is 3.64. The number of rotatable bonds is 8. The van der Waals surface area contributed by atoms with Crippen molar-refractivity contribution in [3.05, 3.63) is 29.8 Å². The monoisotopic (exact) mass is 320 g/mol. The first-order valence-electron chi connectivity index (χ1n) is 8.03. The van der Waals surface area contributed by atoms with Crippen LogP contribution in [0.5, 0.6) is 5.75 Å². The molecule has 0 bridgehead atoms. The summed E-state index contributed by atoms with van der Waals surface area (Å²) in [5.74, 6) is 1.16. The number of carbonyl (C=O) groups is 2. The first-order valence-corrected chi connectivity index (χ1v) is 8.03. The van der Waals surface area contributed by atoms with E-state index in [9.17, 15) is 9.59 Å². The van der Waals surface area contributed by atoms with Gasteiger partial charge in [0.1, 0.15) is 5.75 Å². The van der Waals surface area contributed by atoms with E-state index in [0.717, 1.165) is 17.7 Å². The highest BCUT2D eigenvalue weighted by molar-refractivity contribution is 5.83. The van der Waals surface area contributed by atoms with Gasteiger partial charge in [-0.05, 0) is 37.0 Å². The van der Waals surface area contributed by atoms with Crippen molar-refractivity contribution in [2.75, 3.05) is 20.2 Å². The van der Waals surface area contributed by atoms with Crippen LogP contribution in [-0.2, 0) is 9.59 Å². The molecule has 1 N–H and O–H groups in total. The van der Waals surface area contributed by atoms with Crippen LogP contribution in [0.1, 0.15) is 45.7 Å². The molecule has 23 heavy (non-hydrogen) atoms. The molecule has 5 heteroatoms. The van der Waals surface area contributed by atoms with Crippen LogP contribution in [-0.4, -0.2) is 36.9 Å². The minimum absolute atomic E-state index is 0.0655. The second-order valence-electron chi connectivity index (χ2n) is 6.26. The van der Waals surface area contributed by atoms with E-state index in [2.05, 4.69) is 19.2 Å². The molecule has 0 aliphatic rings. The largest absolute Gasteiger partial charge is 0.494 e. The molecule has 2 amide bonds. The number of hydrogen-bond donors (Lipinski definition) is 1.